The molecular formula is C24H20N4O3. The topological polar surface area (TPSA) is 69.2 Å². The summed E-state index contributed by atoms with van der Waals surface area (Å²) in [5.41, 5.74) is 3.39. The van der Waals surface area contributed by atoms with E-state index in [0.717, 1.165) is 11.4 Å². The predicted molar refractivity (Wildman–Crippen MR) is 118 cm³/mol. The number of rotatable bonds is 6. The second kappa shape index (κ2) is 8.59. The maximum atomic E-state index is 12.3. The molecule has 1 N–H and O–H groups in total. The lowest BCUT2D eigenvalue weighted by atomic mass is 10.2. The SMILES string of the molecule is [C-]#[N+]c1cnn2c(C)c(C(=O)OCC)cc2c1Nc1ccc(Oc2ccccc2)cc1. The number of aromatic nitrogens is 2. The van der Waals surface area contributed by atoms with Gasteiger partial charge in [0.2, 0.25) is 5.69 Å². The minimum atomic E-state index is -0.414. The van der Waals surface area contributed by atoms with Gasteiger partial charge in [-0.2, -0.15) is 5.10 Å². The van der Waals surface area contributed by atoms with Crippen LogP contribution in [0.2, 0.25) is 0 Å². The quantitative estimate of drug-likeness (QED) is 0.315. The summed E-state index contributed by atoms with van der Waals surface area (Å²) in [6.07, 6.45) is 1.48. The van der Waals surface area contributed by atoms with E-state index >= 15 is 0 Å². The van der Waals surface area contributed by atoms with Gasteiger partial charge in [0.15, 0.2) is 0 Å². The van der Waals surface area contributed by atoms with Crippen LogP contribution in [-0.4, -0.2) is 22.2 Å². The third-order valence-corrected chi connectivity index (χ3v) is 4.74. The average molecular weight is 412 g/mol. The van der Waals surface area contributed by atoms with Crippen molar-refractivity contribution < 1.29 is 14.3 Å². The zero-order valence-electron chi connectivity index (χ0n) is 17.1. The standard InChI is InChI=1S/C24H20N4O3/c1-4-30-24(29)20-14-22-23(21(25-3)15-26-28(22)16(20)2)27-17-10-12-19(13-11-17)31-18-8-6-5-7-9-18/h5-15,27H,4H2,1-2H3. The molecule has 0 spiro atoms. The Bertz CT molecular complexity index is 1270. The Hall–Kier alpha value is -4.31. The molecule has 4 rings (SSSR count). The van der Waals surface area contributed by atoms with Crippen molar-refractivity contribution in [3.05, 3.63) is 89.5 Å². The smallest absolute Gasteiger partial charge is 0.340 e. The number of esters is 1. The van der Waals surface area contributed by atoms with Crippen LogP contribution in [0.15, 0.2) is 66.9 Å². The highest BCUT2D eigenvalue weighted by molar-refractivity contribution is 5.97. The van der Waals surface area contributed by atoms with Gasteiger partial charge in [-0.05, 0) is 56.3 Å². The van der Waals surface area contributed by atoms with Gasteiger partial charge in [-0.15, -0.1) is 0 Å². The van der Waals surface area contributed by atoms with Crippen molar-refractivity contribution in [2.75, 3.05) is 11.9 Å². The van der Waals surface area contributed by atoms with Gasteiger partial charge in [0.1, 0.15) is 11.5 Å². The van der Waals surface area contributed by atoms with Crippen molar-refractivity contribution in [3.63, 3.8) is 0 Å². The minimum Gasteiger partial charge on any atom is -0.462 e. The van der Waals surface area contributed by atoms with Gasteiger partial charge in [0.25, 0.3) is 0 Å². The van der Waals surface area contributed by atoms with Crippen LogP contribution in [0.3, 0.4) is 0 Å². The molecular weight excluding hydrogens is 392 g/mol. The van der Waals surface area contributed by atoms with Gasteiger partial charge in [-0.3, -0.25) is 0 Å². The summed E-state index contributed by atoms with van der Waals surface area (Å²) < 4.78 is 12.6. The Morgan fingerprint density at radius 2 is 1.84 bits per heavy atom. The number of nitrogens with one attached hydrogen (secondary N) is 1. The largest absolute Gasteiger partial charge is 0.462 e. The van der Waals surface area contributed by atoms with E-state index in [0.29, 0.717) is 33.9 Å². The molecule has 0 aliphatic rings. The van der Waals surface area contributed by atoms with Gasteiger partial charge >= 0.3 is 5.97 Å². The number of nitrogens with zero attached hydrogens (tertiary/aromatic N) is 3. The molecule has 7 heteroatoms. The van der Waals surface area contributed by atoms with Crippen LogP contribution >= 0.6 is 0 Å². The molecule has 2 aromatic heterocycles. The summed E-state index contributed by atoms with van der Waals surface area (Å²) in [7, 11) is 0. The van der Waals surface area contributed by atoms with Crippen molar-refractivity contribution >= 4 is 28.5 Å². The molecule has 2 aromatic carbocycles. The number of fused-ring (bicyclic) bond motifs is 1. The molecule has 7 nitrogen and oxygen atoms in total. The Morgan fingerprint density at radius 3 is 2.52 bits per heavy atom. The molecule has 0 aliphatic heterocycles. The molecule has 0 radical (unpaired) electrons. The fraction of sp³-hybridized carbons (Fsp3) is 0.125. The first-order chi connectivity index (χ1) is 15.1. The van der Waals surface area contributed by atoms with E-state index in [-0.39, 0.29) is 6.61 Å². The van der Waals surface area contributed by atoms with Crippen LogP contribution in [0.5, 0.6) is 11.5 Å². The van der Waals surface area contributed by atoms with Crippen LogP contribution in [0, 0.1) is 13.5 Å². The summed E-state index contributed by atoms with van der Waals surface area (Å²) in [6, 6.07) is 18.7. The van der Waals surface area contributed by atoms with Crippen LogP contribution < -0.4 is 10.1 Å². The Balaban J connectivity index is 1.66. The molecule has 0 saturated heterocycles. The Kier molecular flexibility index (Phi) is 5.54. The molecule has 0 saturated carbocycles. The van der Waals surface area contributed by atoms with Crippen LogP contribution in [0.25, 0.3) is 10.4 Å². The number of anilines is 2. The lowest BCUT2D eigenvalue weighted by Crippen LogP contribution is -2.05. The lowest BCUT2D eigenvalue weighted by molar-refractivity contribution is 0.0525. The number of hydrogen-bond acceptors (Lipinski definition) is 5. The fourth-order valence-electron chi connectivity index (χ4n) is 3.24. The van der Waals surface area contributed by atoms with E-state index in [1.165, 1.54) is 6.20 Å². The van der Waals surface area contributed by atoms with Gasteiger partial charge in [0, 0.05) is 5.69 Å². The summed E-state index contributed by atoms with van der Waals surface area (Å²) in [6.45, 7) is 11.4. The minimum absolute atomic E-state index is 0.285. The molecule has 4 aromatic rings. The number of aryl methyl sites for hydroxylation is 1. The first-order valence-corrected chi connectivity index (χ1v) is 9.76. The van der Waals surface area contributed by atoms with E-state index in [4.69, 9.17) is 16.0 Å². The molecule has 0 bridgehead atoms. The maximum Gasteiger partial charge on any atom is 0.340 e. The Labute approximate surface area is 179 Å². The molecule has 31 heavy (non-hydrogen) atoms. The molecule has 0 atom stereocenters. The molecule has 0 fully saturated rings. The predicted octanol–water partition coefficient (Wildman–Crippen LogP) is 5.91. The first kappa shape index (κ1) is 20.0. The molecule has 0 unspecified atom stereocenters. The first-order valence-electron chi connectivity index (χ1n) is 9.76. The molecule has 2 heterocycles. The van der Waals surface area contributed by atoms with Gasteiger partial charge in [-0.25, -0.2) is 14.2 Å². The van der Waals surface area contributed by atoms with Crippen LogP contribution in [0.4, 0.5) is 17.1 Å². The van der Waals surface area contributed by atoms with E-state index in [2.05, 4.69) is 15.3 Å². The van der Waals surface area contributed by atoms with Crippen molar-refractivity contribution in [3.8, 4) is 11.5 Å². The van der Waals surface area contributed by atoms with Gasteiger partial charge in [-0.1, -0.05) is 18.2 Å². The second-order valence-electron chi connectivity index (χ2n) is 6.74. The zero-order chi connectivity index (χ0) is 21.8. The van der Waals surface area contributed by atoms with Crippen LogP contribution in [-0.2, 0) is 4.74 Å². The van der Waals surface area contributed by atoms with Crippen molar-refractivity contribution in [2.24, 2.45) is 0 Å². The number of carbonyl (C=O) groups excluding carboxylic acids is 1. The lowest BCUT2D eigenvalue weighted by Gasteiger charge is -2.12. The molecule has 0 aliphatic carbocycles. The summed E-state index contributed by atoms with van der Waals surface area (Å²) in [5, 5.41) is 7.60. The Morgan fingerprint density at radius 1 is 1.13 bits per heavy atom. The molecule has 0 amide bonds. The zero-order valence-corrected chi connectivity index (χ0v) is 17.1. The van der Waals surface area contributed by atoms with E-state index in [1.54, 1.807) is 24.4 Å². The van der Waals surface area contributed by atoms with E-state index in [9.17, 15) is 4.79 Å². The number of hydrogen-bond donors (Lipinski definition) is 1. The monoisotopic (exact) mass is 412 g/mol. The second-order valence-corrected chi connectivity index (χ2v) is 6.74. The van der Waals surface area contributed by atoms with Gasteiger partial charge < -0.3 is 14.8 Å². The highest BCUT2D eigenvalue weighted by Crippen LogP contribution is 2.34. The highest BCUT2D eigenvalue weighted by Gasteiger charge is 2.19. The van der Waals surface area contributed by atoms with E-state index in [1.807, 2.05) is 54.6 Å². The van der Waals surface area contributed by atoms with Gasteiger partial charge in [0.05, 0.1) is 41.8 Å². The van der Waals surface area contributed by atoms with Crippen molar-refractivity contribution in [1.82, 2.24) is 9.61 Å². The normalized spacial score (nSPS) is 10.5. The number of benzene rings is 2. The maximum absolute atomic E-state index is 12.3. The third-order valence-electron chi connectivity index (χ3n) is 4.74. The third kappa shape index (κ3) is 4.05. The summed E-state index contributed by atoms with van der Waals surface area (Å²) >= 11 is 0. The highest BCUT2D eigenvalue weighted by atomic mass is 16.5. The number of para-hydroxylation sites is 1. The van der Waals surface area contributed by atoms with Crippen LogP contribution in [0.1, 0.15) is 23.0 Å². The van der Waals surface area contributed by atoms with Crippen molar-refractivity contribution in [1.29, 1.82) is 0 Å². The summed E-state index contributed by atoms with van der Waals surface area (Å²) in [5.74, 6) is 1.04. The average Bonchev–Trinajstić information content (AvgIpc) is 3.13. The van der Waals surface area contributed by atoms with Crippen molar-refractivity contribution in [2.45, 2.75) is 13.8 Å². The summed E-state index contributed by atoms with van der Waals surface area (Å²) in [4.78, 5) is 15.9. The number of carbonyl (C=O) groups is 1. The number of ether oxygens (including phenoxy) is 2. The van der Waals surface area contributed by atoms with E-state index < -0.39 is 5.97 Å². The fourth-order valence-corrected chi connectivity index (χ4v) is 3.24. The molecule has 154 valence electrons.